The summed E-state index contributed by atoms with van der Waals surface area (Å²) in [7, 11) is 1.58. The Morgan fingerprint density at radius 2 is 1.46 bits per heavy atom. The summed E-state index contributed by atoms with van der Waals surface area (Å²) < 4.78 is 18.5. The topological polar surface area (TPSA) is 79.0 Å². The highest BCUT2D eigenvalue weighted by atomic mass is 19.1. The van der Waals surface area contributed by atoms with Crippen molar-refractivity contribution in [3.63, 3.8) is 0 Å². The first-order chi connectivity index (χ1) is 17.0. The van der Waals surface area contributed by atoms with Crippen LogP contribution in [0.25, 0.3) is 0 Å². The molecule has 2 saturated heterocycles. The van der Waals surface area contributed by atoms with Crippen LogP contribution in [0.5, 0.6) is 5.75 Å². The van der Waals surface area contributed by atoms with Crippen LogP contribution in [0.15, 0.2) is 48.5 Å². The summed E-state index contributed by atoms with van der Waals surface area (Å²) in [6.07, 6.45) is 4.23. The summed E-state index contributed by atoms with van der Waals surface area (Å²) >= 11 is 0. The van der Waals surface area contributed by atoms with Crippen molar-refractivity contribution in [2.24, 2.45) is 5.92 Å². The van der Waals surface area contributed by atoms with Gasteiger partial charge in [0.05, 0.1) is 7.11 Å². The highest BCUT2D eigenvalue weighted by Gasteiger charge is 2.36. The number of nitrogens with one attached hydrogen (secondary N) is 1. The zero-order chi connectivity index (χ0) is 24.8. The van der Waals surface area contributed by atoms with Crippen molar-refractivity contribution in [1.82, 2.24) is 15.1 Å². The van der Waals surface area contributed by atoms with E-state index in [0.717, 1.165) is 19.3 Å². The molecule has 1 atom stereocenters. The van der Waals surface area contributed by atoms with E-state index in [9.17, 15) is 18.8 Å². The van der Waals surface area contributed by atoms with Crippen molar-refractivity contribution < 1.29 is 23.5 Å². The number of rotatable bonds is 6. The van der Waals surface area contributed by atoms with E-state index < -0.39 is 17.8 Å². The van der Waals surface area contributed by atoms with Crippen molar-refractivity contribution in [3.8, 4) is 5.75 Å². The smallest absolute Gasteiger partial charge is 0.253 e. The number of benzene rings is 2. The molecule has 2 aromatic carbocycles. The molecular formula is C27H32FN3O4. The van der Waals surface area contributed by atoms with E-state index in [1.54, 1.807) is 36.3 Å². The Bertz CT molecular complexity index is 1030. The van der Waals surface area contributed by atoms with E-state index in [0.29, 0.717) is 55.9 Å². The molecule has 2 heterocycles. The van der Waals surface area contributed by atoms with Gasteiger partial charge in [-0.25, -0.2) is 4.39 Å². The van der Waals surface area contributed by atoms with Crippen molar-refractivity contribution in [3.05, 3.63) is 65.5 Å². The van der Waals surface area contributed by atoms with Crippen molar-refractivity contribution in [1.29, 1.82) is 0 Å². The second-order valence-corrected chi connectivity index (χ2v) is 9.20. The second-order valence-electron chi connectivity index (χ2n) is 9.20. The summed E-state index contributed by atoms with van der Waals surface area (Å²) in [4.78, 5) is 43.0. The highest BCUT2D eigenvalue weighted by molar-refractivity contribution is 5.98. The van der Waals surface area contributed by atoms with Crippen LogP contribution in [-0.4, -0.2) is 66.9 Å². The Morgan fingerprint density at radius 1 is 0.857 bits per heavy atom. The first kappa shape index (κ1) is 24.7. The molecule has 2 aliphatic heterocycles. The summed E-state index contributed by atoms with van der Waals surface area (Å²) in [5.74, 6) is -0.334. The molecule has 4 rings (SSSR count). The van der Waals surface area contributed by atoms with Gasteiger partial charge in [0.25, 0.3) is 11.8 Å². The van der Waals surface area contributed by atoms with Crippen LogP contribution < -0.4 is 10.1 Å². The van der Waals surface area contributed by atoms with Crippen LogP contribution in [-0.2, 0) is 4.79 Å². The third kappa shape index (κ3) is 5.99. The average molecular weight is 482 g/mol. The molecule has 186 valence electrons. The van der Waals surface area contributed by atoms with Gasteiger partial charge in [-0.15, -0.1) is 0 Å². The van der Waals surface area contributed by atoms with Crippen molar-refractivity contribution >= 4 is 17.7 Å². The third-order valence-corrected chi connectivity index (χ3v) is 6.96. The van der Waals surface area contributed by atoms with E-state index in [-0.39, 0.29) is 17.7 Å². The van der Waals surface area contributed by atoms with Gasteiger partial charge in [-0.3, -0.25) is 14.4 Å². The standard InChI is InChI=1S/C27H32FN3O4/c1-35-23-11-7-21(8-12-23)26(33)31-17-13-19(14-18-31)24(27(34)30-15-3-2-4-16-30)29-25(32)20-5-9-22(28)10-6-20/h5-12,19,24H,2-4,13-18H2,1H3,(H,29,32). The number of ether oxygens (including phenoxy) is 1. The van der Waals surface area contributed by atoms with Crippen LogP contribution in [0.2, 0.25) is 0 Å². The van der Waals surface area contributed by atoms with E-state index in [2.05, 4.69) is 5.32 Å². The summed E-state index contributed by atoms with van der Waals surface area (Å²) in [6, 6.07) is 11.7. The SMILES string of the molecule is COc1ccc(C(=O)N2CCC(C(NC(=O)c3ccc(F)cc3)C(=O)N3CCCCC3)CC2)cc1. The zero-order valence-electron chi connectivity index (χ0n) is 20.0. The van der Waals surface area contributed by atoms with E-state index in [1.807, 2.05) is 4.90 Å². The first-order valence-corrected chi connectivity index (χ1v) is 12.2. The summed E-state index contributed by atoms with van der Waals surface area (Å²) in [5.41, 5.74) is 0.907. The Morgan fingerprint density at radius 3 is 2.06 bits per heavy atom. The lowest BCUT2D eigenvalue weighted by molar-refractivity contribution is -0.136. The maximum absolute atomic E-state index is 13.5. The zero-order valence-corrected chi connectivity index (χ0v) is 20.0. The lowest BCUT2D eigenvalue weighted by Gasteiger charge is -2.38. The fourth-order valence-electron chi connectivity index (χ4n) is 4.87. The molecule has 0 aromatic heterocycles. The summed E-state index contributed by atoms with van der Waals surface area (Å²) in [5, 5.41) is 2.94. The third-order valence-electron chi connectivity index (χ3n) is 6.96. The van der Waals surface area contributed by atoms with Gasteiger partial charge in [-0.05, 0) is 86.6 Å². The van der Waals surface area contributed by atoms with Gasteiger partial charge in [0.15, 0.2) is 0 Å². The Kier molecular flexibility index (Phi) is 8.00. The molecule has 1 unspecified atom stereocenters. The number of piperidine rings is 2. The number of nitrogens with zero attached hydrogens (tertiary/aromatic N) is 2. The molecule has 0 bridgehead atoms. The van der Waals surface area contributed by atoms with Crippen LogP contribution in [0, 0.1) is 11.7 Å². The Balaban J connectivity index is 1.44. The van der Waals surface area contributed by atoms with Crippen LogP contribution in [0.4, 0.5) is 4.39 Å². The van der Waals surface area contributed by atoms with Gasteiger partial charge >= 0.3 is 0 Å². The first-order valence-electron chi connectivity index (χ1n) is 12.2. The van der Waals surface area contributed by atoms with Crippen LogP contribution in [0.3, 0.4) is 0 Å². The van der Waals surface area contributed by atoms with E-state index >= 15 is 0 Å². The highest BCUT2D eigenvalue weighted by Crippen LogP contribution is 2.25. The van der Waals surface area contributed by atoms with Gasteiger partial charge in [-0.2, -0.15) is 0 Å². The number of carbonyl (C=O) groups excluding carboxylic acids is 3. The quantitative estimate of drug-likeness (QED) is 0.685. The fraction of sp³-hybridized carbons (Fsp3) is 0.444. The second kappa shape index (κ2) is 11.3. The van der Waals surface area contributed by atoms with Gasteiger partial charge in [0.2, 0.25) is 5.91 Å². The molecule has 0 aliphatic carbocycles. The summed E-state index contributed by atoms with van der Waals surface area (Å²) in [6.45, 7) is 2.39. The van der Waals surface area contributed by atoms with Gasteiger partial charge in [0, 0.05) is 37.3 Å². The van der Waals surface area contributed by atoms with Gasteiger partial charge in [-0.1, -0.05) is 0 Å². The van der Waals surface area contributed by atoms with Crippen molar-refractivity contribution in [2.45, 2.75) is 38.1 Å². The van der Waals surface area contributed by atoms with Crippen LogP contribution in [0.1, 0.15) is 52.8 Å². The minimum Gasteiger partial charge on any atom is -0.497 e. The monoisotopic (exact) mass is 481 g/mol. The minimum absolute atomic E-state index is 0.0552. The maximum Gasteiger partial charge on any atom is 0.253 e. The molecule has 0 spiro atoms. The van der Waals surface area contributed by atoms with Crippen LogP contribution >= 0.6 is 0 Å². The number of likely N-dealkylation sites (tertiary alicyclic amines) is 2. The lowest BCUT2D eigenvalue weighted by Crippen LogP contribution is -2.55. The molecule has 2 aliphatic rings. The fourth-order valence-corrected chi connectivity index (χ4v) is 4.87. The molecule has 0 saturated carbocycles. The van der Waals surface area contributed by atoms with E-state index in [1.165, 1.54) is 24.3 Å². The molecule has 2 fully saturated rings. The van der Waals surface area contributed by atoms with Crippen molar-refractivity contribution in [2.75, 3.05) is 33.3 Å². The molecule has 7 nitrogen and oxygen atoms in total. The lowest BCUT2D eigenvalue weighted by atomic mass is 9.87. The molecule has 0 radical (unpaired) electrons. The predicted molar refractivity (Wildman–Crippen MR) is 130 cm³/mol. The largest absolute Gasteiger partial charge is 0.497 e. The molecule has 1 N–H and O–H groups in total. The number of methoxy groups -OCH3 is 1. The number of amides is 3. The normalized spacial score (nSPS) is 17.5. The molecule has 2 aromatic rings. The number of halogens is 1. The Hall–Kier alpha value is -3.42. The average Bonchev–Trinajstić information content (AvgIpc) is 2.92. The number of carbonyl (C=O) groups is 3. The molecule has 35 heavy (non-hydrogen) atoms. The number of hydrogen-bond acceptors (Lipinski definition) is 4. The van der Waals surface area contributed by atoms with E-state index in [4.69, 9.17) is 4.74 Å². The Labute approximate surface area is 205 Å². The number of hydrogen-bond donors (Lipinski definition) is 1. The molecule has 3 amide bonds. The maximum atomic E-state index is 13.5. The van der Waals surface area contributed by atoms with Gasteiger partial charge in [0.1, 0.15) is 17.6 Å². The predicted octanol–water partition coefficient (Wildman–Crippen LogP) is 3.50. The minimum atomic E-state index is -0.677. The van der Waals surface area contributed by atoms with Gasteiger partial charge < -0.3 is 19.9 Å². The molecule has 8 heteroatoms. The molecular weight excluding hydrogens is 449 g/mol.